The highest BCUT2D eigenvalue weighted by atomic mass is 16.6. The van der Waals surface area contributed by atoms with Crippen LogP contribution in [0.4, 0.5) is 4.79 Å². The number of hydrogen-bond donors (Lipinski definition) is 1. The SMILES string of the molecule is C[C@@H]1CNCCN1C1CN(C(=O)OCc2ccccc2)C1. The summed E-state index contributed by atoms with van der Waals surface area (Å²) in [6, 6.07) is 10.8. The molecular formula is C16H23N3O2. The summed E-state index contributed by atoms with van der Waals surface area (Å²) in [6.07, 6.45) is -0.196. The summed E-state index contributed by atoms with van der Waals surface area (Å²) in [6.45, 7) is 7.32. The molecule has 2 aliphatic rings. The number of nitrogens with one attached hydrogen (secondary N) is 1. The molecule has 5 nitrogen and oxygen atoms in total. The molecule has 5 heteroatoms. The molecule has 0 aliphatic carbocycles. The second-order valence-corrected chi connectivity index (χ2v) is 5.89. The number of carbonyl (C=O) groups excluding carboxylic acids is 1. The molecule has 3 rings (SSSR count). The number of likely N-dealkylation sites (tertiary alicyclic amines) is 1. The standard InChI is InChI=1S/C16H23N3O2/c1-13-9-17-7-8-19(13)15-10-18(11-15)16(20)21-12-14-5-3-2-4-6-14/h2-6,13,15,17H,7-12H2,1H3/t13-/m1/s1. The quantitative estimate of drug-likeness (QED) is 0.911. The highest BCUT2D eigenvalue weighted by Gasteiger charge is 2.38. The molecule has 0 radical (unpaired) electrons. The van der Waals surface area contributed by atoms with E-state index in [1.807, 2.05) is 30.3 Å². The Balaban J connectivity index is 1.42. The average molecular weight is 289 g/mol. The van der Waals surface area contributed by atoms with Gasteiger partial charge in [-0.1, -0.05) is 30.3 Å². The number of hydrogen-bond acceptors (Lipinski definition) is 4. The molecule has 1 N–H and O–H groups in total. The monoisotopic (exact) mass is 289 g/mol. The smallest absolute Gasteiger partial charge is 0.410 e. The average Bonchev–Trinajstić information content (AvgIpc) is 2.47. The van der Waals surface area contributed by atoms with E-state index in [4.69, 9.17) is 4.74 Å². The molecule has 2 saturated heterocycles. The van der Waals surface area contributed by atoms with E-state index < -0.39 is 0 Å². The molecule has 2 heterocycles. The van der Waals surface area contributed by atoms with Gasteiger partial charge < -0.3 is 15.0 Å². The van der Waals surface area contributed by atoms with Crippen molar-refractivity contribution < 1.29 is 9.53 Å². The Morgan fingerprint density at radius 2 is 2.10 bits per heavy atom. The molecule has 2 aliphatic heterocycles. The number of nitrogens with zero attached hydrogens (tertiary/aromatic N) is 2. The summed E-state index contributed by atoms with van der Waals surface area (Å²) < 4.78 is 5.35. The van der Waals surface area contributed by atoms with Crippen molar-refractivity contribution in [1.29, 1.82) is 0 Å². The van der Waals surface area contributed by atoms with Crippen LogP contribution in [0.25, 0.3) is 0 Å². The second kappa shape index (κ2) is 6.45. The number of amides is 1. The largest absolute Gasteiger partial charge is 0.445 e. The zero-order valence-electron chi connectivity index (χ0n) is 12.5. The van der Waals surface area contributed by atoms with Gasteiger partial charge in [0.25, 0.3) is 0 Å². The first-order valence-electron chi connectivity index (χ1n) is 7.66. The Hall–Kier alpha value is -1.59. The van der Waals surface area contributed by atoms with E-state index in [0.717, 1.165) is 38.3 Å². The van der Waals surface area contributed by atoms with E-state index >= 15 is 0 Å². The molecule has 1 amide bonds. The molecular weight excluding hydrogens is 266 g/mol. The van der Waals surface area contributed by atoms with Gasteiger partial charge >= 0.3 is 6.09 Å². The van der Waals surface area contributed by atoms with Crippen molar-refractivity contribution in [3.63, 3.8) is 0 Å². The Kier molecular flexibility index (Phi) is 4.41. The Bertz CT molecular complexity index is 474. The van der Waals surface area contributed by atoms with Gasteiger partial charge in [-0.3, -0.25) is 4.90 Å². The van der Waals surface area contributed by atoms with Crippen LogP contribution in [0.2, 0.25) is 0 Å². The number of ether oxygens (including phenoxy) is 1. The van der Waals surface area contributed by atoms with Gasteiger partial charge in [-0.25, -0.2) is 4.79 Å². The predicted octanol–water partition coefficient (Wildman–Crippen LogP) is 1.30. The van der Waals surface area contributed by atoms with Crippen LogP contribution in [0.15, 0.2) is 30.3 Å². The van der Waals surface area contributed by atoms with Crippen LogP contribution in [-0.4, -0.2) is 60.7 Å². The van der Waals surface area contributed by atoms with Crippen molar-refractivity contribution in [2.45, 2.75) is 25.6 Å². The van der Waals surface area contributed by atoms with Gasteiger partial charge in [-0.2, -0.15) is 0 Å². The second-order valence-electron chi connectivity index (χ2n) is 5.89. The number of benzene rings is 1. The fourth-order valence-corrected chi connectivity index (χ4v) is 3.02. The van der Waals surface area contributed by atoms with E-state index in [9.17, 15) is 4.79 Å². The summed E-state index contributed by atoms with van der Waals surface area (Å²) in [5, 5.41) is 3.39. The molecule has 0 bridgehead atoms. The van der Waals surface area contributed by atoms with Crippen LogP contribution in [0.3, 0.4) is 0 Å². The highest BCUT2D eigenvalue weighted by Crippen LogP contribution is 2.19. The first-order chi connectivity index (χ1) is 10.2. The van der Waals surface area contributed by atoms with Gasteiger partial charge in [0.1, 0.15) is 6.61 Å². The van der Waals surface area contributed by atoms with Crippen molar-refractivity contribution in [3.8, 4) is 0 Å². The molecule has 2 fully saturated rings. The molecule has 1 aromatic rings. The van der Waals surface area contributed by atoms with Crippen LogP contribution in [-0.2, 0) is 11.3 Å². The Morgan fingerprint density at radius 3 is 2.81 bits per heavy atom. The first-order valence-corrected chi connectivity index (χ1v) is 7.66. The van der Waals surface area contributed by atoms with Crippen LogP contribution >= 0.6 is 0 Å². The third-order valence-electron chi connectivity index (χ3n) is 4.35. The maximum atomic E-state index is 12.0. The van der Waals surface area contributed by atoms with E-state index in [1.165, 1.54) is 0 Å². The van der Waals surface area contributed by atoms with Crippen molar-refractivity contribution in [2.24, 2.45) is 0 Å². The fourth-order valence-electron chi connectivity index (χ4n) is 3.02. The van der Waals surface area contributed by atoms with E-state index in [2.05, 4.69) is 17.1 Å². The van der Waals surface area contributed by atoms with Crippen LogP contribution < -0.4 is 5.32 Å². The summed E-state index contributed by atoms with van der Waals surface area (Å²) in [5.74, 6) is 0. The van der Waals surface area contributed by atoms with E-state index in [1.54, 1.807) is 4.90 Å². The number of carbonyl (C=O) groups is 1. The van der Waals surface area contributed by atoms with Crippen LogP contribution in [0.5, 0.6) is 0 Å². The molecule has 21 heavy (non-hydrogen) atoms. The minimum absolute atomic E-state index is 0.196. The molecule has 0 spiro atoms. The van der Waals surface area contributed by atoms with Gasteiger partial charge in [0, 0.05) is 44.8 Å². The Labute approximate surface area is 125 Å². The van der Waals surface area contributed by atoms with Gasteiger partial charge in [0.15, 0.2) is 0 Å². The Morgan fingerprint density at radius 1 is 1.33 bits per heavy atom. The van der Waals surface area contributed by atoms with Gasteiger partial charge in [0.2, 0.25) is 0 Å². The zero-order chi connectivity index (χ0) is 14.7. The summed E-state index contributed by atoms with van der Waals surface area (Å²) in [5.41, 5.74) is 1.03. The summed E-state index contributed by atoms with van der Waals surface area (Å²) in [4.78, 5) is 16.3. The third kappa shape index (κ3) is 3.36. The molecule has 0 unspecified atom stereocenters. The van der Waals surface area contributed by atoms with Crippen molar-refractivity contribution in [2.75, 3.05) is 32.7 Å². The molecule has 114 valence electrons. The lowest BCUT2D eigenvalue weighted by molar-refractivity contribution is -0.00239. The van der Waals surface area contributed by atoms with Crippen molar-refractivity contribution >= 4 is 6.09 Å². The number of rotatable bonds is 3. The van der Waals surface area contributed by atoms with Gasteiger partial charge in [-0.15, -0.1) is 0 Å². The topological polar surface area (TPSA) is 44.8 Å². The summed E-state index contributed by atoms with van der Waals surface area (Å²) in [7, 11) is 0. The minimum Gasteiger partial charge on any atom is -0.445 e. The highest BCUT2D eigenvalue weighted by molar-refractivity contribution is 5.68. The fraction of sp³-hybridized carbons (Fsp3) is 0.562. The summed E-state index contributed by atoms with van der Waals surface area (Å²) >= 11 is 0. The van der Waals surface area contributed by atoms with Crippen molar-refractivity contribution in [3.05, 3.63) is 35.9 Å². The normalized spacial score (nSPS) is 23.7. The van der Waals surface area contributed by atoms with Gasteiger partial charge in [0.05, 0.1) is 0 Å². The lowest BCUT2D eigenvalue weighted by atomic mass is 10.0. The van der Waals surface area contributed by atoms with Crippen molar-refractivity contribution in [1.82, 2.24) is 15.1 Å². The third-order valence-corrected chi connectivity index (χ3v) is 4.35. The number of piperazine rings is 1. The first kappa shape index (κ1) is 14.4. The maximum absolute atomic E-state index is 12.0. The van der Waals surface area contributed by atoms with E-state index in [-0.39, 0.29) is 6.09 Å². The minimum atomic E-state index is -0.196. The maximum Gasteiger partial charge on any atom is 0.410 e. The molecule has 0 saturated carbocycles. The lowest BCUT2D eigenvalue weighted by Gasteiger charge is -2.48. The lowest BCUT2D eigenvalue weighted by Crippen LogP contribution is -2.66. The molecule has 0 aromatic heterocycles. The molecule has 1 atom stereocenters. The van der Waals surface area contributed by atoms with Crippen LogP contribution in [0.1, 0.15) is 12.5 Å². The predicted molar refractivity (Wildman–Crippen MR) is 81.0 cm³/mol. The van der Waals surface area contributed by atoms with Gasteiger partial charge in [-0.05, 0) is 12.5 Å². The molecule has 1 aromatic carbocycles. The zero-order valence-corrected chi connectivity index (χ0v) is 12.5. The van der Waals surface area contributed by atoms with Crippen LogP contribution in [0, 0.1) is 0 Å². The van der Waals surface area contributed by atoms with E-state index in [0.29, 0.717) is 18.7 Å².